The quantitative estimate of drug-likeness (QED) is 0.762. The van der Waals surface area contributed by atoms with Crippen LogP contribution in [-0.2, 0) is 9.59 Å². The van der Waals surface area contributed by atoms with E-state index in [2.05, 4.69) is 0 Å². The van der Waals surface area contributed by atoms with Gasteiger partial charge in [0, 0.05) is 13.0 Å². The Balaban J connectivity index is 4.65. The molecule has 0 aliphatic rings. The van der Waals surface area contributed by atoms with Gasteiger partial charge in [-0.05, 0) is 5.92 Å². The predicted octanol–water partition coefficient (Wildman–Crippen LogP) is 1.95. The highest BCUT2D eigenvalue weighted by atomic mass is 19.4. The molecule has 0 fully saturated rings. The molecule has 0 bridgehead atoms. The molecule has 1 amide bonds. The van der Waals surface area contributed by atoms with Crippen molar-refractivity contribution in [1.82, 2.24) is 5.32 Å². The summed E-state index contributed by atoms with van der Waals surface area (Å²) >= 11 is 0. The number of hydrogen-bond acceptors (Lipinski definition) is 2. The number of carbonyl (C=O) groups is 2. The van der Waals surface area contributed by atoms with E-state index < -0.39 is 49.0 Å². The van der Waals surface area contributed by atoms with E-state index >= 15 is 0 Å². The van der Waals surface area contributed by atoms with Crippen molar-refractivity contribution in [3.63, 3.8) is 0 Å². The molecule has 19 heavy (non-hydrogen) atoms. The number of rotatable bonds is 5. The van der Waals surface area contributed by atoms with Gasteiger partial charge in [0.05, 0.1) is 0 Å². The van der Waals surface area contributed by atoms with Crippen LogP contribution in [0.5, 0.6) is 0 Å². The smallest absolute Gasteiger partial charge is 0.409 e. The summed E-state index contributed by atoms with van der Waals surface area (Å²) in [6.45, 7) is 0.679. The molecule has 0 aromatic carbocycles. The lowest BCUT2D eigenvalue weighted by Gasteiger charge is -2.22. The number of carbonyl (C=O) groups excluding carboxylic acids is 1. The third-order valence-electron chi connectivity index (χ3n) is 2.06. The standard InChI is InChI=1S/C9H11F6NO3/c1-4(2-5(17)18)3-16-7(19)6(8(10,11)12)9(13,14)15/h4,6H,2-3H2,1H3,(H,16,19)(H,17,18). The van der Waals surface area contributed by atoms with Crippen LogP contribution in [0.1, 0.15) is 13.3 Å². The van der Waals surface area contributed by atoms with E-state index in [0.717, 1.165) is 0 Å². The maximum Gasteiger partial charge on any atom is 0.409 e. The van der Waals surface area contributed by atoms with Gasteiger partial charge in [0.25, 0.3) is 0 Å². The van der Waals surface area contributed by atoms with E-state index in [1.807, 2.05) is 0 Å². The van der Waals surface area contributed by atoms with Gasteiger partial charge in [-0.2, -0.15) is 26.3 Å². The lowest BCUT2D eigenvalue weighted by molar-refractivity contribution is -0.274. The largest absolute Gasteiger partial charge is 0.481 e. The van der Waals surface area contributed by atoms with Crippen molar-refractivity contribution in [1.29, 1.82) is 0 Å². The van der Waals surface area contributed by atoms with Crippen molar-refractivity contribution < 1.29 is 41.0 Å². The molecule has 0 saturated heterocycles. The average Bonchev–Trinajstić information content (AvgIpc) is 2.08. The normalized spacial score (nSPS) is 14.3. The van der Waals surface area contributed by atoms with Crippen molar-refractivity contribution in [2.75, 3.05) is 6.54 Å². The number of alkyl halides is 6. The van der Waals surface area contributed by atoms with Gasteiger partial charge in [-0.15, -0.1) is 0 Å². The predicted molar refractivity (Wildman–Crippen MR) is 50.0 cm³/mol. The van der Waals surface area contributed by atoms with E-state index in [-0.39, 0.29) is 0 Å². The zero-order chi connectivity index (χ0) is 15.4. The number of carboxylic acid groups (broad SMARTS) is 1. The molecule has 0 saturated carbocycles. The van der Waals surface area contributed by atoms with Crippen molar-refractivity contribution in [3.8, 4) is 0 Å². The molecule has 0 heterocycles. The molecule has 0 radical (unpaired) electrons. The van der Waals surface area contributed by atoms with Crippen LogP contribution in [-0.4, -0.2) is 35.9 Å². The molecule has 0 spiro atoms. The Hall–Kier alpha value is -1.48. The van der Waals surface area contributed by atoms with Crippen LogP contribution in [0, 0.1) is 11.8 Å². The molecule has 112 valence electrons. The molecular weight excluding hydrogens is 284 g/mol. The zero-order valence-electron chi connectivity index (χ0n) is 9.60. The molecule has 2 N–H and O–H groups in total. The summed E-state index contributed by atoms with van der Waals surface area (Å²) in [4.78, 5) is 21.2. The second-order valence-electron chi connectivity index (χ2n) is 3.96. The maximum atomic E-state index is 12.1. The number of halogens is 6. The Morgan fingerprint density at radius 1 is 1.11 bits per heavy atom. The van der Waals surface area contributed by atoms with Gasteiger partial charge < -0.3 is 10.4 Å². The van der Waals surface area contributed by atoms with Crippen molar-refractivity contribution in [2.24, 2.45) is 11.8 Å². The summed E-state index contributed by atoms with van der Waals surface area (Å²) in [6.07, 6.45) is -12.0. The molecule has 0 rings (SSSR count). The van der Waals surface area contributed by atoms with Crippen LogP contribution in [0.2, 0.25) is 0 Å². The zero-order valence-corrected chi connectivity index (χ0v) is 9.60. The first kappa shape index (κ1) is 17.5. The fraction of sp³-hybridized carbons (Fsp3) is 0.778. The minimum atomic E-state index is -5.75. The van der Waals surface area contributed by atoms with Gasteiger partial charge >= 0.3 is 18.3 Å². The summed E-state index contributed by atoms with van der Waals surface area (Å²) in [5, 5.41) is 9.80. The van der Waals surface area contributed by atoms with Crippen LogP contribution in [0.4, 0.5) is 26.3 Å². The van der Waals surface area contributed by atoms with E-state index in [4.69, 9.17) is 5.11 Å². The third-order valence-corrected chi connectivity index (χ3v) is 2.06. The molecule has 0 aliphatic heterocycles. The van der Waals surface area contributed by atoms with Gasteiger partial charge in [-0.25, -0.2) is 0 Å². The van der Waals surface area contributed by atoms with Crippen molar-refractivity contribution in [2.45, 2.75) is 25.7 Å². The molecule has 0 aliphatic carbocycles. The average molecular weight is 295 g/mol. The number of nitrogens with one attached hydrogen (secondary N) is 1. The van der Waals surface area contributed by atoms with Crippen LogP contribution >= 0.6 is 0 Å². The molecule has 1 unspecified atom stereocenters. The monoisotopic (exact) mass is 295 g/mol. The minimum absolute atomic E-state index is 0.483. The maximum absolute atomic E-state index is 12.1. The highest BCUT2D eigenvalue weighted by Crippen LogP contribution is 2.39. The SMILES string of the molecule is CC(CNC(=O)C(C(F)(F)F)C(F)(F)F)CC(=O)O. The van der Waals surface area contributed by atoms with Gasteiger partial charge in [0.15, 0.2) is 0 Å². The van der Waals surface area contributed by atoms with E-state index in [1.54, 1.807) is 0 Å². The summed E-state index contributed by atoms with van der Waals surface area (Å²) in [5.74, 6) is -8.41. The highest BCUT2D eigenvalue weighted by molar-refractivity contribution is 5.80. The molecular formula is C9H11F6NO3. The summed E-state index contributed by atoms with van der Waals surface area (Å²) in [7, 11) is 0. The third kappa shape index (κ3) is 6.30. The number of carboxylic acids is 1. The van der Waals surface area contributed by atoms with Gasteiger partial charge in [0.2, 0.25) is 11.8 Å². The number of aliphatic carboxylic acids is 1. The summed E-state index contributed by atoms with van der Waals surface area (Å²) in [5.41, 5.74) is 0. The Morgan fingerprint density at radius 2 is 1.53 bits per heavy atom. The first-order valence-electron chi connectivity index (χ1n) is 4.98. The van der Waals surface area contributed by atoms with E-state index in [9.17, 15) is 35.9 Å². The Kier molecular flexibility index (Phi) is 5.63. The second kappa shape index (κ2) is 6.11. The van der Waals surface area contributed by atoms with Crippen LogP contribution in [0.3, 0.4) is 0 Å². The fourth-order valence-electron chi connectivity index (χ4n) is 1.23. The Morgan fingerprint density at radius 3 is 1.84 bits per heavy atom. The Labute approximate surface area is 103 Å². The van der Waals surface area contributed by atoms with Crippen molar-refractivity contribution >= 4 is 11.9 Å². The molecule has 10 heteroatoms. The number of hydrogen-bond donors (Lipinski definition) is 2. The van der Waals surface area contributed by atoms with E-state index in [0.29, 0.717) is 0 Å². The van der Waals surface area contributed by atoms with Crippen LogP contribution in [0.25, 0.3) is 0 Å². The van der Waals surface area contributed by atoms with Gasteiger partial charge in [-0.1, -0.05) is 6.92 Å². The van der Waals surface area contributed by atoms with Crippen LogP contribution < -0.4 is 5.32 Å². The lowest BCUT2D eigenvalue weighted by Crippen LogP contribution is -2.48. The molecule has 4 nitrogen and oxygen atoms in total. The number of amides is 1. The molecule has 1 atom stereocenters. The first-order chi connectivity index (χ1) is 8.35. The summed E-state index contributed by atoms with van der Waals surface area (Å²) in [6, 6.07) is 0. The highest BCUT2D eigenvalue weighted by Gasteiger charge is 2.61. The lowest BCUT2D eigenvalue weighted by atomic mass is 10.1. The molecule has 0 aromatic heterocycles. The van der Waals surface area contributed by atoms with E-state index in [1.165, 1.54) is 12.2 Å². The van der Waals surface area contributed by atoms with Crippen LogP contribution in [0.15, 0.2) is 0 Å². The molecule has 0 aromatic rings. The fourth-order valence-corrected chi connectivity index (χ4v) is 1.23. The van der Waals surface area contributed by atoms with Crippen molar-refractivity contribution in [3.05, 3.63) is 0 Å². The first-order valence-corrected chi connectivity index (χ1v) is 4.98. The second-order valence-corrected chi connectivity index (χ2v) is 3.96. The van der Waals surface area contributed by atoms with Gasteiger partial charge in [-0.3, -0.25) is 9.59 Å². The minimum Gasteiger partial charge on any atom is -0.481 e. The summed E-state index contributed by atoms with van der Waals surface area (Å²) < 4.78 is 72.8. The Bertz CT molecular complexity index is 324. The van der Waals surface area contributed by atoms with Gasteiger partial charge in [0.1, 0.15) is 0 Å². The topological polar surface area (TPSA) is 66.4 Å².